The Balaban J connectivity index is 1.93. The van der Waals surface area contributed by atoms with Crippen LogP contribution in [0, 0.1) is 5.92 Å². The normalized spacial score (nSPS) is 10.8. The van der Waals surface area contributed by atoms with Crippen LogP contribution in [-0.2, 0) is 4.79 Å². The third-order valence-corrected chi connectivity index (χ3v) is 3.14. The van der Waals surface area contributed by atoms with Crippen LogP contribution < -0.4 is 16.4 Å². The van der Waals surface area contributed by atoms with Gasteiger partial charge in [-0.3, -0.25) is 9.78 Å². The second-order valence-electron chi connectivity index (χ2n) is 5.51. The number of anilines is 2. The first-order chi connectivity index (χ1) is 10.1. The van der Waals surface area contributed by atoms with Crippen molar-refractivity contribution in [3.8, 4) is 0 Å². The van der Waals surface area contributed by atoms with Gasteiger partial charge in [0.05, 0.1) is 5.52 Å². The largest absolute Gasteiger partial charge is 0.399 e. The fraction of sp³-hybridized carbons (Fsp3) is 0.375. The maximum absolute atomic E-state index is 11.7. The molecule has 21 heavy (non-hydrogen) atoms. The molecule has 1 heterocycles. The summed E-state index contributed by atoms with van der Waals surface area (Å²) in [6, 6.07) is 7.55. The number of carbonyl (C=O) groups is 1. The van der Waals surface area contributed by atoms with E-state index in [0.717, 1.165) is 23.1 Å². The number of aromatic nitrogens is 1. The van der Waals surface area contributed by atoms with Crippen LogP contribution in [-0.4, -0.2) is 24.0 Å². The second-order valence-corrected chi connectivity index (χ2v) is 5.51. The van der Waals surface area contributed by atoms with E-state index in [2.05, 4.69) is 29.5 Å². The van der Waals surface area contributed by atoms with E-state index >= 15 is 0 Å². The van der Waals surface area contributed by atoms with Crippen molar-refractivity contribution in [2.45, 2.75) is 20.3 Å². The molecule has 0 aliphatic carbocycles. The molecule has 0 aliphatic rings. The molecular formula is C16H22N4O. The van der Waals surface area contributed by atoms with Crippen LogP contribution in [0.4, 0.5) is 11.4 Å². The molecule has 0 saturated carbocycles. The molecule has 1 aromatic heterocycles. The van der Waals surface area contributed by atoms with Crippen molar-refractivity contribution in [3.63, 3.8) is 0 Å². The molecule has 1 aromatic carbocycles. The molecule has 2 aromatic rings. The Morgan fingerprint density at radius 1 is 1.33 bits per heavy atom. The first-order valence-corrected chi connectivity index (χ1v) is 7.21. The van der Waals surface area contributed by atoms with E-state index in [4.69, 9.17) is 5.73 Å². The van der Waals surface area contributed by atoms with Gasteiger partial charge >= 0.3 is 0 Å². The lowest BCUT2D eigenvalue weighted by Crippen LogP contribution is -2.28. The molecule has 0 radical (unpaired) electrons. The van der Waals surface area contributed by atoms with Gasteiger partial charge in [-0.1, -0.05) is 13.8 Å². The average molecular weight is 286 g/mol. The van der Waals surface area contributed by atoms with E-state index in [0.29, 0.717) is 24.6 Å². The summed E-state index contributed by atoms with van der Waals surface area (Å²) in [4.78, 5) is 16.0. The molecule has 1 amide bonds. The van der Waals surface area contributed by atoms with E-state index in [1.807, 2.05) is 24.3 Å². The fourth-order valence-corrected chi connectivity index (χ4v) is 2.04. The van der Waals surface area contributed by atoms with Crippen LogP contribution in [0.5, 0.6) is 0 Å². The number of pyridine rings is 1. The fourth-order valence-electron chi connectivity index (χ4n) is 2.04. The molecular weight excluding hydrogens is 264 g/mol. The first-order valence-electron chi connectivity index (χ1n) is 7.21. The number of rotatable bonds is 6. The number of hydrogen-bond donors (Lipinski definition) is 3. The molecule has 0 aliphatic heterocycles. The summed E-state index contributed by atoms with van der Waals surface area (Å²) in [7, 11) is 0. The summed E-state index contributed by atoms with van der Waals surface area (Å²) >= 11 is 0. The zero-order valence-corrected chi connectivity index (χ0v) is 12.5. The lowest BCUT2D eigenvalue weighted by atomic mass is 10.1. The van der Waals surface area contributed by atoms with Crippen molar-refractivity contribution >= 4 is 28.2 Å². The van der Waals surface area contributed by atoms with Crippen LogP contribution in [0.1, 0.15) is 20.3 Å². The van der Waals surface area contributed by atoms with Gasteiger partial charge in [-0.05, 0) is 30.2 Å². The van der Waals surface area contributed by atoms with Crippen LogP contribution in [0.15, 0.2) is 30.5 Å². The van der Waals surface area contributed by atoms with Crippen molar-refractivity contribution in [2.75, 3.05) is 24.1 Å². The molecule has 0 fully saturated rings. The summed E-state index contributed by atoms with van der Waals surface area (Å²) in [5, 5.41) is 7.20. The molecule has 0 spiro atoms. The Morgan fingerprint density at radius 2 is 2.14 bits per heavy atom. The molecule has 0 atom stereocenters. The molecule has 4 N–H and O–H groups in total. The Kier molecular flexibility index (Phi) is 4.98. The predicted molar refractivity (Wildman–Crippen MR) is 87.1 cm³/mol. The highest BCUT2D eigenvalue weighted by atomic mass is 16.1. The third kappa shape index (κ3) is 4.34. The number of benzene rings is 1. The predicted octanol–water partition coefficient (Wildman–Crippen LogP) is 2.39. The smallest absolute Gasteiger partial charge is 0.221 e. The maximum Gasteiger partial charge on any atom is 0.221 e. The molecule has 0 saturated heterocycles. The monoisotopic (exact) mass is 286 g/mol. The second kappa shape index (κ2) is 6.92. The topological polar surface area (TPSA) is 80.0 Å². The summed E-state index contributed by atoms with van der Waals surface area (Å²) in [6.07, 6.45) is 2.19. The zero-order valence-electron chi connectivity index (χ0n) is 12.5. The Hall–Kier alpha value is -2.30. The Bertz CT molecular complexity index is 625. The quantitative estimate of drug-likeness (QED) is 0.712. The molecule has 0 unspecified atom stereocenters. The van der Waals surface area contributed by atoms with Gasteiger partial charge in [0.1, 0.15) is 0 Å². The molecule has 112 valence electrons. The lowest BCUT2D eigenvalue weighted by molar-refractivity contribution is -0.120. The van der Waals surface area contributed by atoms with Gasteiger partial charge in [0, 0.05) is 42.5 Å². The minimum atomic E-state index is 0.0683. The van der Waals surface area contributed by atoms with Crippen molar-refractivity contribution in [1.82, 2.24) is 10.3 Å². The number of fused-ring (bicyclic) bond motifs is 1. The number of nitrogens with two attached hydrogens (primary N) is 1. The summed E-state index contributed by atoms with van der Waals surface area (Å²) in [6.45, 7) is 5.46. The van der Waals surface area contributed by atoms with Crippen LogP contribution in [0.3, 0.4) is 0 Å². The molecule has 5 nitrogen and oxygen atoms in total. The van der Waals surface area contributed by atoms with E-state index in [9.17, 15) is 4.79 Å². The van der Waals surface area contributed by atoms with E-state index in [1.165, 1.54) is 0 Å². The summed E-state index contributed by atoms with van der Waals surface area (Å²) < 4.78 is 0. The van der Waals surface area contributed by atoms with E-state index in [-0.39, 0.29) is 5.91 Å². The Labute approximate surface area is 124 Å². The molecule has 0 bridgehead atoms. The number of amides is 1. The van der Waals surface area contributed by atoms with Gasteiger partial charge in [0.2, 0.25) is 5.91 Å². The highest BCUT2D eigenvalue weighted by Gasteiger charge is 2.04. The van der Waals surface area contributed by atoms with Crippen molar-refractivity contribution in [1.29, 1.82) is 0 Å². The number of nitrogens with one attached hydrogen (secondary N) is 2. The van der Waals surface area contributed by atoms with Gasteiger partial charge in [-0.2, -0.15) is 0 Å². The number of carbonyl (C=O) groups excluding carboxylic acids is 1. The van der Waals surface area contributed by atoms with Gasteiger partial charge in [0.15, 0.2) is 0 Å². The van der Waals surface area contributed by atoms with Crippen LogP contribution in [0.25, 0.3) is 10.9 Å². The maximum atomic E-state index is 11.7. The Morgan fingerprint density at radius 3 is 2.90 bits per heavy atom. The molecule has 2 rings (SSSR count). The standard InChI is InChI=1S/C16H22N4O/c1-11(2)10-20-16(21)6-8-18-14-5-7-19-15-9-12(17)3-4-13(14)15/h3-5,7,9,11H,6,8,10,17H2,1-2H3,(H,18,19)(H,20,21). The summed E-state index contributed by atoms with van der Waals surface area (Å²) in [5.74, 6) is 0.537. The average Bonchev–Trinajstić information content (AvgIpc) is 2.45. The number of nitrogen functional groups attached to an aromatic ring is 1. The van der Waals surface area contributed by atoms with E-state index in [1.54, 1.807) is 6.20 Å². The van der Waals surface area contributed by atoms with Gasteiger partial charge in [-0.15, -0.1) is 0 Å². The van der Waals surface area contributed by atoms with Gasteiger partial charge in [-0.25, -0.2) is 0 Å². The SMILES string of the molecule is CC(C)CNC(=O)CCNc1ccnc2cc(N)ccc12. The first kappa shape index (κ1) is 15.1. The summed E-state index contributed by atoms with van der Waals surface area (Å²) in [5.41, 5.74) is 8.27. The minimum Gasteiger partial charge on any atom is -0.399 e. The minimum absolute atomic E-state index is 0.0683. The van der Waals surface area contributed by atoms with Crippen LogP contribution in [0.2, 0.25) is 0 Å². The number of hydrogen-bond acceptors (Lipinski definition) is 4. The van der Waals surface area contributed by atoms with Crippen molar-refractivity contribution < 1.29 is 4.79 Å². The van der Waals surface area contributed by atoms with Gasteiger partial charge in [0.25, 0.3) is 0 Å². The number of nitrogens with zero attached hydrogens (tertiary/aromatic N) is 1. The lowest BCUT2D eigenvalue weighted by Gasteiger charge is -2.11. The van der Waals surface area contributed by atoms with E-state index < -0.39 is 0 Å². The van der Waals surface area contributed by atoms with Crippen molar-refractivity contribution in [2.24, 2.45) is 5.92 Å². The zero-order chi connectivity index (χ0) is 15.2. The highest BCUT2D eigenvalue weighted by Crippen LogP contribution is 2.23. The van der Waals surface area contributed by atoms with Crippen molar-refractivity contribution in [3.05, 3.63) is 30.5 Å². The third-order valence-electron chi connectivity index (χ3n) is 3.14. The highest BCUT2D eigenvalue weighted by molar-refractivity contribution is 5.92. The molecule has 5 heteroatoms. The van der Waals surface area contributed by atoms with Crippen LogP contribution >= 0.6 is 0 Å². The van der Waals surface area contributed by atoms with Gasteiger partial charge < -0.3 is 16.4 Å².